The van der Waals surface area contributed by atoms with Gasteiger partial charge in [0.2, 0.25) is 0 Å². The highest BCUT2D eigenvalue weighted by Gasteiger charge is 2.61. The first-order valence-electron chi connectivity index (χ1n) is 6.57. The van der Waals surface area contributed by atoms with Gasteiger partial charge in [0.25, 0.3) is 0 Å². The van der Waals surface area contributed by atoms with E-state index in [0.29, 0.717) is 23.5 Å². The second kappa shape index (κ2) is 3.46. The van der Waals surface area contributed by atoms with Crippen molar-refractivity contribution in [3.63, 3.8) is 0 Å². The Bertz CT molecular complexity index is 279. The van der Waals surface area contributed by atoms with Crippen molar-refractivity contribution in [1.29, 1.82) is 0 Å². The Labute approximate surface area is 99.9 Å². The second-order valence-corrected chi connectivity index (χ2v) is 7.40. The average molecular weight is 225 g/mol. The predicted octanol–water partition coefficient (Wildman–Crippen LogP) is 2.96. The van der Waals surface area contributed by atoms with Crippen molar-refractivity contribution in [3.8, 4) is 0 Å². The first-order valence-corrected chi connectivity index (χ1v) is 6.57. The molecule has 3 atom stereocenters. The Morgan fingerprint density at radius 2 is 1.94 bits per heavy atom. The van der Waals surface area contributed by atoms with Crippen LogP contribution >= 0.6 is 0 Å². The molecule has 0 aromatic carbocycles. The zero-order valence-electron chi connectivity index (χ0n) is 11.5. The van der Waals surface area contributed by atoms with Crippen LogP contribution in [-0.2, 0) is 4.74 Å². The summed E-state index contributed by atoms with van der Waals surface area (Å²) in [5.74, 6) is 0.850. The van der Waals surface area contributed by atoms with E-state index in [1.54, 1.807) is 0 Å². The van der Waals surface area contributed by atoms with Crippen molar-refractivity contribution in [2.45, 2.75) is 65.5 Å². The standard InChI is InChI=1S/C14H27NO/c1-12(2,15)9-16-11-8-10-6-7-14(11,5)13(10,3)4/h10-11H,6-9,15H2,1-5H3/t10-,11+,14+/m0/s1. The van der Waals surface area contributed by atoms with Gasteiger partial charge in [-0.1, -0.05) is 20.8 Å². The Hall–Kier alpha value is -0.0800. The van der Waals surface area contributed by atoms with Gasteiger partial charge in [-0.3, -0.25) is 0 Å². The van der Waals surface area contributed by atoms with Crippen molar-refractivity contribution in [1.82, 2.24) is 0 Å². The number of hydrogen-bond acceptors (Lipinski definition) is 2. The molecule has 2 nitrogen and oxygen atoms in total. The van der Waals surface area contributed by atoms with Crippen LogP contribution in [0.2, 0.25) is 0 Å². The maximum Gasteiger partial charge on any atom is 0.0644 e. The molecule has 0 aromatic heterocycles. The minimum atomic E-state index is -0.206. The molecule has 94 valence electrons. The van der Waals surface area contributed by atoms with Gasteiger partial charge in [-0.25, -0.2) is 0 Å². The third-order valence-electron chi connectivity index (χ3n) is 5.37. The molecule has 2 rings (SSSR count). The van der Waals surface area contributed by atoms with E-state index in [-0.39, 0.29) is 5.54 Å². The van der Waals surface area contributed by atoms with E-state index in [1.165, 1.54) is 19.3 Å². The van der Waals surface area contributed by atoms with Crippen LogP contribution in [0.1, 0.15) is 53.9 Å². The lowest BCUT2D eigenvalue weighted by Gasteiger charge is -2.39. The van der Waals surface area contributed by atoms with Crippen LogP contribution in [0.25, 0.3) is 0 Å². The molecule has 0 heterocycles. The maximum atomic E-state index is 6.11. The second-order valence-electron chi connectivity index (χ2n) is 7.40. The van der Waals surface area contributed by atoms with Crippen LogP contribution in [0.5, 0.6) is 0 Å². The summed E-state index contributed by atoms with van der Waals surface area (Å²) in [4.78, 5) is 0. The van der Waals surface area contributed by atoms with Gasteiger partial charge in [0.15, 0.2) is 0 Å². The number of hydrogen-bond donors (Lipinski definition) is 1. The largest absolute Gasteiger partial charge is 0.376 e. The van der Waals surface area contributed by atoms with Crippen molar-refractivity contribution < 1.29 is 4.74 Å². The zero-order valence-corrected chi connectivity index (χ0v) is 11.5. The monoisotopic (exact) mass is 225 g/mol. The summed E-state index contributed by atoms with van der Waals surface area (Å²) in [6, 6.07) is 0. The Morgan fingerprint density at radius 3 is 2.31 bits per heavy atom. The molecule has 2 saturated carbocycles. The molecule has 2 aliphatic rings. The van der Waals surface area contributed by atoms with E-state index in [2.05, 4.69) is 20.8 Å². The first kappa shape index (κ1) is 12.4. The van der Waals surface area contributed by atoms with Gasteiger partial charge in [0, 0.05) is 5.54 Å². The molecule has 2 aliphatic carbocycles. The highest BCUT2D eigenvalue weighted by molar-refractivity contribution is 5.11. The predicted molar refractivity (Wildman–Crippen MR) is 67.2 cm³/mol. The number of ether oxygens (including phenoxy) is 1. The van der Waals surface area contributed by atoms with Crippen LogP contribution in [0.4, 0.5) is 0 Å². The van der Waals surface area contributed by atoms with Crippen LogP contribution < -0.4 is 5.73 Å². The first-order chi connectivity index (χ1) is 7.17. The molecule has 2 bridgehead atoms. The molecule has 0 amide bonds. The molecule has 2 heteroatoms. The third kappa shape index (κ3) is 1.70. The van der Waals surface area contributed by atoms with E-state index < -0.39 is 0 Å². The van der Waals surface area contributed by atoms with Crippen molar-refractivity contribution in [2.75, 3.05) is 6.61 Å². The molecule has 0 spiro atoms. The molecular formula is C14H27NO. The summed E-state index contributed by atoms with van der Waals surface area (Å²) in [6.45, 7) is 12.0. The van der Waals surface area contributed by atoms with Crippen molar-refractivity contribution in [2.24, 2.45) is 22.5 Å². The van der Waals surface area contributed by atoms with Gasteiger partial charge in [0.05, 0.1) is 12.7 Å². The Balaban J connectivity index is 2.05. The van der Waals surface area contributed by atoms with Crippen LogP contribution in [-0.4, -0.2) is 18.2 Å². The fourth-order valence-electron chi connectivity index (χ4n) is 3.70. The summed E-state index contributed by atoms with van der Waals surface area (Å²) < 4.78 is 6.11. The van der Waals surface area contributed by atoms with Gasteiger partial charge < -0.3 is 10.5 Å². The minimum absolute atomic E-state index is 0.206. The maximum absolute atomic E-state index is 6.11. The molecule has 16 heavy (non-hydrogen) atoms. The summed E-state index contributed by atoms with van der Waals surface area (Å²) in [6.07, 6.45) is 4.36. The normalized spacial score (nSPS) is 41.6. The van der Waals surface area contributed by atoms with E-state index >= 15 is 0 Å². The topological polar surface area (TPSA) is 35.2 Å². The van der Waals surface area contributed by atoms with Gasteiger partial charge in [-0.2, -0.15) is 0 Å². The average Bonchev–Trinajstić information content (AvgIpc) is 2.45. The molecule has 0 radical (unpaired) electrons. The molecule has 0 saturated heterocycles. The minimum Gasteiger partial charge on any atom is -0.376 e. The van der Waals surface area contributed by atoms with Crippen LogP contribution in [0, 0.1) is 16.7 Å². The van der Waals surface area contributed by atoms with Crippen molar-refractivity contribution in [3.05, 3.63) is 0 Å². The fraction of sp³-hybridized carbons (Fsp3) is 1.00. The van der Waals surface area contributed by atoms with Gasteiger partial charge in [-0.05, 0) is 49.9 Å². The SMILES string of the molecule is CC(C)(N)CO[C@@H]1C[C@@H]2CC[C@@]1(C)C2(C)C. The third-order valence-corrected chi connectivity index (χ3v) is 5.37. The fourth-order valence-corrected chi connectivity index (χ4v) is 3.70. The molecule has 2 N–H and O–H groups in total. The van der Waals surface area contributed by atoms with E-state index in [0.717, 1.165) is 5.92 Å². The molecule has 2 fully saturated rings. The van der Waals surface area contributed by atoms with E-state index in [9.17, 15) is 0 Å². The van der Waals surface area contributed by atoms with Crippen molar-refractivity contribution >= 4 is 0 Å². The van der Waals surface area contributed by atoms with E-state index in [1.807, 2.05) is 13.8 Å². The molecular weight excluding hydrogens is 198 g/mol. The quantitative estimate of drug-likeness (QED) is 0.801. The zero-order chi connectivity index (χ0) is 12.2. The lowest BCUT2D eigenvalue weighted by molar-refractivity contribution is -0.0591. The van der Waals surface area contributed by atoms with Gasteiger partial charge >= 0.3 is 0 Å². The number of rotatable bonds is 3. The van der Waals surface area contributed by atoms with Crippen LogP contribution in [0.15, 0.2) is 0 Å². The lowest BCUT2D eigenvalue weighted by atomic mass is 9.70. The van der Waals surface area contributed by atoms with Gasteiger partial charge in [0.1, 0.15) is 0 Å². The number of nitrogens with two attached hydrogens (primary N) is 1. The van der Waals surface area contributed by atoms with E-state index in [4.69, 9.17) is 10.5 Å². The summed E-state index contributed by atoms with van der Waals surface area (Å²) >= 11 is 0. The number of fused-ring (bicyclic) bond motifs is 2. The molecule has 0 aromatic rings. The summed E-state index contributed by atoms with van der Waals surface area (Å²) in [5.41, 5.74) is 6.60. The smallest absolute Gasteiger partial charge is 0.0644 e. The van der Waals surface area contributed by atoms with Gasteiger partial charge in [-0.15, -0.1) is 0 Å². The Morgan fingerprint density at radius 1 is 1.31 bits per heavy atom. The summed E-state index contributed by atoms with van der Waals surface area (Å²) in [5, 5.41) is 0. The highest BCUT2D eigenvalue weighted by atomic mass is 16.5. The highest BCUT2D eigenvalue weighted by Crippen LogP contribution is 2.66. The van der Waals surface area contributed by atoms with Crippen LogP contribution in [0.3, 0.4) is 0 Å². The lowest BCUT2D eigenvalue weighted by Crippen LogP contribution is -2.43. The molecule has 0 unspecified atom stereocenters. The Kier molecular flexibility index (Phi) is 2.67. The summed E-state index contributed by atoms with van der Waals surface area (Å²) in [7, 11) is 0. The molecule has 0 aliphatic heterocycles.